The number of carbonyl (C=O) groups is 2. The highest BCUT2D eigenvalue weighted by Crippen LogP contribution is 2.36. The van der Waals surface area contributed by atoms with E-state index in [1.807, 2.05) is 31.3 Å². The molecule has 2 aromatic heterocycles. The number of anilines is 1. The Morgan fingerprint density at radius 1 is 1.35 bits per heavy atom. The predicted octanol–water partition coefficient (Wildman–Crippen LogP) is 4.16. The fraction of sp³-hybridized carbons (Fsp3) is 0.278. The van der Waals surface area contributed by atoms with Crippen LogP contribution in [0.2, 0.25) is 5.15 Å². The Labute approximate surface area is 165 Å². The standard InChI is InChI=1S/C18H18ClN3O2S2/c1-3-22(15(24)9-13-6-7-14(25-13)11(2)23)18-16(19)21-17(26-18)12-5-4-8-20-10-12/h4-8,20H,3,9-10H2,1-2H3. The van der Waals surface area contributed by atoms with Gasteiger partial charge in [0, 0.05) is 23.5 Å². The van der Waals surface area contributed by atoms with Crippen molar-refractivity contribution in [1.82, 2.24) is 10.3 Å². The van der Waals surface area contributed by atoms with Crippen molar-refractivity contribution in [3.8, 4) is 0 Å². The first-order valence-electron chi connectivity index (χ1n) is 8.15. The number of aromatic nitrogens is 1. The zero-order valence-electron chi connectivity index (χ0n) is 14.4. The van der Waals surface area contributed by atoms with Crippen LogP contribution in [-0.4, -0.2) is 29.8 Å². The second-order valence-electron chi connectivity index (χ2n) is 5.68. The number of carbonyl (C=O) groups excluding carboxylic acids is 2. The number of likely N-dealkylation sites (N-methyl/N-ethyl adjacent to an activating group) is 1. The SMILES string of the molecule is CCN(C(=O)Cc1ccc(C(C)=O)s1)c1sc(C2=CC=CNC2)nc1Cl. The molecule has 3 rings (SSSR count). The second-order valence-corrected chi connectivity index (χ2v) is 8.19. The monoisotopic (exact) mass is 407 g/mol. The summed E-state index contributed by atoms with van der Waals surface area (Å²) in [6.45, 7) is 4.62. The first kappa shape index (κ1) is 18.8. The average molecular weight is 408 g/mol. The molecule has 0 aliphatic carbocycles. The molecule has 0 radical (unpaired) electrons. The number of nitrogens with zero attached hydrogens (tertiary/aromatic N) is 2. The summed E-state index contributed by atoms with van der Waals surface area (Å²) in [5.74, 6) is -0.0446. The molecule has 0 atom stereocenters. The van der Waals surface area contributed by atoms with Gasteiger partial charge < -0.3 is 10.2 Å². The highest BCUT2D eigenvalue weighted by atomic mass is 35.5. The van der Waals surface area contributed by atoms with Crippen LogP contribution in [-0.2, 0) is 11.2 Å². The summed E-state index contributed by atoms with van der Waals surface area (Å²) >= 11 is 9.10. The molecule has 1 aliphatic heterocycles. The van der Waals surface area contributed by atoms with Crippen molar-refractivity contribution in [2.45, 2.75) is 20.3 Å². The molecule has 8 heteroatoms. The number of allylic oxidation sites excluding steroid dienone is 2. The molecule has 2 aromatic rings. The zero-order chi connectivity index (χ0) is 18.7. The van der Waals surface area contributed by atoms with Gasteiger partial charge in [0.2, 0.25) is 5.91 Å². The van der Waals surface area contributed by atoms with Gasteiger partial charge in [-0.2, -0.15) is 0 Å². The molecule has 0 bridgehead atoms. The van der Waals surface area contributed by atoms with Crippen LogP contribution in [0, 0.1) is 0 Å². The molecule has 3 heterocycles. The van der Waals surface area contributed by atoms with E-state index in [9.17, 15) is 9.59 Å². The number of Topliss-reactive ketones (excluding diaryl/α,β-unsaturated/α-hetero) is 1. The Morgan fingerprint density at radius 3 is 2.77 bits per heavy atom. The van der Waals surface area contributed by atoms with Crippen LogP contribution < -0.4 is 10.2 Å². The lowest BCUT2D eigenvalue weighted by Crippen LogP contribution is -2.31. The summed E-state index contributed by atoms with van der Waals surface area (Å²) in [5.41, 5.74) is 1.04. The average Bonchev–Trinajstić information content (AvgIpc) is 3.24. The van der Waals surface area contributed by atoms with E-state index in [2.05, 4.69) is 10.3 Å². The Kier molecular flexibility index (Phi) is 5.90. The molecule has 0 spiro atoms. The number of dihydropyridines is 1. The molecule has 0 fully saturated rings. The third kappa shape index (κ3) is 4.06. The highest BCUT2D eigenvalue weighted by molar-refractivity contribution is 7.17. The van der Waals surface area contributed by atoms with E-state index in [1.165, 1.54) is 29.6 Å². The molecule has 0 aromatic carbocycles. The molecule has 136 valence electrons. The van der Waals surface area contributed by atoms with Crippen LogP contribution in [0.5, 0.6) is 0 Å². The third-order valence-corrected chi connectivity index (χ3v) is 6.56. The molecular weight excluding hydrogens is 390 g/mol. The summed E-state index contributed by atoms with van der Waals surface area (Å²) < 4.78 is 0. The van der Waals surface area contributed by atoms with Gasteiger partial charge in [-0.25, -0.2) is 4.98 Å². The lowest BCUT2D eigenvalue weighted by atomic mass is 10.2. The fourth-order valence-electron chi connectivity index (χ4n) is 2.54. The number of thiophene rings is 1. The molecule has 5 nitrogen and oxygen atoms in total. The number of halogens is 1. The first-order valence-corrected chi connectivity index (χ1v) is 10.2. The van der Waals surface area contributed by atoms with Gasteiger partial charge in [-0.3, -0.25) is 9.59 Å². The summed E-state index contributed by atoms with van der Waals surface area (Å²) in [6.07, 6.45) is 6.02. The molecule has 1 amide bonds. The first-order chi connectivity index (χ1) is 12.5. The highest BCUT2D eigenvalue weighted by Gasteiger charge is 2.23. The van der Waals surface area contributed by atoms with Gasteiger partial charge in [-0.1, -0.05) is 29.0 Å². The number of hydrogen-bond acceptors (Lipinski definition) is 6. The van der Waals surface area contributed by atoms with E-state index in [0.29, 0.717) is 28.1 Å². The maximum atomic E-state index is 12.8. The summed E-state index contributed by atoms with van der Waals surface area (Å²) in [4.78, 5) is 31.8. The van der Waals surface area contributed by atoms with Gasteiger partial charge in [0.25, 0.3) is 0 Å². The molecule has 0 unspecified atom stereocenters. The van der Waals surface area contributed by atoms with Crippen molar-refractivity contribution < 1.29 is 9.59 Å². The van der Waals surface area contributed by atoms with Gasteiger partial charge in [0.05, 0.1) is 11.3 Å². The minimum Gasteiger partial charge on any atom is -0.387 e. The minimum absolute atomic E-state index is 0.0135. The lowest BCUT2D eigenvalue weighted by molar-refractivity contribution is -0.117. The van der Waals surface area contributed by atoms with Gasteiger partial charge in [-0.05, 0) is 38.3 Å². The van der Waals surface area contributed by atoms with E-state index < -0.39 is 0 Å². The predicted molar refractivity (Wildman–Crippen MR) is 108 cm³/mol. The fourth-order valence-corrected chi connectivity index (χ4v) is 4.85. The van der Waals surface area contributed by atoms with E-state index in [-0.39, 0.29) is 18.1 Å². The van der Waals surface area contributed by atoms with E-state index in [4.69, 9.17) is 11.6 Å². The van der Waals surface area contributed by atoms with E-state index >= 15 is 0 Å². The number of amides is 1. The van der Waals surface area contributed by atoms with Gasteiger partial charge >= 0.3 is 0 Å². The maximum absolute atomic E-state index is 12.8. The third-order valence-electron chi connectivity index (χ3n) is 3.84. The van der Waals surface area contributed by atoms with Crippen molar-refractivity contribution in [2.24, 2.45) is 0 Å². The smallest absolute Gasteiger partial charge is 0.232 e. The molecule has 1 N–H and O–H groups in total. The van der Waals surface area contributed by atoms with Crippen molar-refractivity contribution in [3.63, 3.8) is 0 Å². The zero-order valence-corrected chi connectivity index (χ0v) is 16.8. The van der Waals surface area contributed by atoms with Crippen molar-refractivity contribution in [2.75, 3.05) is 18.0 Å². The van der Waals surface area contributed by atoms with Crippen molar-refractivity contribution in [1.29, 1.82) is 0 Å². The largest absolute Gasteiger partial charge is 0.387 e. The van der Waals surface area contributed by atoms with Crippen molar-refractivity contribution >= 4 is 56.5 Å². The Morgan fingerprint density at radius 2 is 2.15 bits per heavy atom. The minimum atomic E-state index is -0.0582. The molecule has 26 heavy (non-hydrogen) atoms. The summed E-state index contributed by atoms with van der Waals surface area (Å²) in [7, 11) is 0. The van der Waals surface area contributed by atoms with Crippen LogP contribution in [0.15, 0.2) is 30.5 Å². The number of hydrogen-bond donors (Lipinski definition) is 1. The molecular formula is C18H18ClN3O2S2. The van der Waals surface area contributed by atoms with Gasteiger partial charge in [0.15, 0.2) is 10.9 Å². The van der Waals surface area contributed by atoms with E-state index in [1.54, 1.807) is 11.0 Å². The lowest BCUT2D eigenvalue weighted by Gasteiger charge is -2.18. The van der Waals surface area contributed by atoms with Crippen LogP contribution in [0.1, 0.15) is 33.4 Å². The van der Waals surface area contributed by atoms with Crippen LogP contribution in [0.4, 0.5) is 5.00 Å². The maximum Gasteiger partial charge on any atom is 0.232 e. The van der Waals surface area contributed by atoms with Gasteiger partial charge in [0.1, 0.15) is 10.0 Å². The Balaban J connectivity index is 1.80. The van der Waals surface area contributed by atoms with Crippen LogP contribution in [0.3, 0.4) is 0 Å². The number of thiazole rings is 1. The summed E-state index contributed by atoms with van der Waals surface area (Å²) in [6, 6.07) is 3.59. The quantitative estimate of drug-likeness (QED) is 0.730. The second kappa shape index (κ2) is 8.16. The molecule has 0 saturated carbocycles. The van der Waals surface area contributed by atoms with Crippen LogP contribution in [0.25, 0.3) is 5.57 Å². The van der Waals surface area contributed by atoms with Crippen LogP contribution >= 0.6 is 34.3 Å². The van der Waals surface area contributed by atoms with E-state index in [0.717, 1.165) is 15.5 Å². The number of rotatable bonds is 6. The normalized spacial score (nSPS) is 13.3. The molecule has 1 aliphatic rings. The molecule has 0 saturated heterocycles. The Hall–Kier alpha value is -1.96. The van der Waals surface area contributed by atoms with Crippen molar-refractivity contribution in [3.05, 3.63) is 50.4 Å². The topological polar surface area (TPSA) is 62.3 Å². The number of ketones is 1. The summed E-state index contributed by atoms with van der Waals surface area (Å²) in [5, 5.41) is 4.95. The number of nitrogens with one attached hydrogen (secondary N) is 1. The Bertz CT molecular complexity index is 898. The van der Waals surface area contributed by atoms with Gasteiger partial charge in [-0.15, -0.1) is 11.3 Å².